The van der Waals surface area contributed by atoms with E-state index in [2.05, 4.69) is 10.6 Å². The zero-order chi connectivity index (χ0) is 18.2. The summed E-state index contributed by atoms with van der Waals surface area (Å²) in [7, 11) is 0. The molecule has 0 aliphatic carbocycles. The van der Waals surface area contributed by atoms with Gasteiger partial charge in [0.25, 0.3) is 5.91 Å². The minimum absolute atomic E-state index is 0.0526. The minimum atomic E-state index is -0.174. The molecule has 2 aromatic rings. The SMILES string of the molecule is CC(NC(=O)CCCNC(=O)c1ccc(Cl)cc1)c1ccc(Cl)cc1. The van der Waals surface area contributed by atoms with Gasteiger partial charge >= 0.3 is 0 Å². The Morgan fingerprint density at radius 3 is 2.12 bits per heavy atom. The van der Waals surface area contributed by atoms with E-state index in [1.54, 1.807) is 36.4 Å². The minimum Gasteiger partial charge on any atom is -0.352 e. The van der Waals surface area contributed by atoms with E-state index in [-0.39, 0.29) is 17.9 Å². The predicted octanol–water partition coefficient (Wildman–Crippen LogP) is 4.38. The molecule has 2 N–H and O–H groups in total. The maximum absolute atomic E-state index is 12.0. The van der Waals surface area contributed by atoms with Crippen LogP contribution in [0.2, 0.25) is 10.0 Å². The van der Waals surface area contributed by atoms with Crippen LogP contribution >= 0.6 is 23.2 Å². The Labute approximate surface area is 157 Å². The lowest BCUT2D eigenvalue weighted by Gasteiger charge is -2.14. The molecule has 4 nitrogen and oxygen atoms in total. The first-order valence-electron chi connectivity index (χ1n) is 8.04. The quantitative estimate of drug-likeness (QED) is 0.702. The summed E-state index contributed by atoms with van der Waals surface area (Å²) in [5.74, 6) is -0.227. The molecule has 1 unspecified atom stereocenters. The largest absolute Gasteiger partial charge is 0.352 e. The maximum atomic E-state index is 12.0. The van der Waals surface area contributed by atoms with E-state index in [4.69, 9.17) is 23.2 Å². The number of halogens is 2. The summed E-state index contributed by atoms with van der Waals surface area (Å²) in [5.41, 5.74) is 1.54. The van der Waals surface area contributed by atoms with Crippen molar-refractivity contribution in [3.05, 3.63) is 69.7 Å². The van der Waals surface area contributed by atoms with Gasteiger partial charge in [0, 0.05) is 28.6 Å². The molecule has 0 aliphatic heterocycles. The van der Waals surface area contributed by atoms with Gasteiger partial charge in [-0.1, -0.05) is 35.3 Å². The molecule has 1 atom stereocenters. The molecule has 2 rings (SSSR count). The highest BCUT2D eigenvalue weighted by atomic mass is 35.5. The Balaban J connectivity index is 1.69. The van der Waals surface area contributed by atoms with E-state index in [9.17, 15) is 9.59 Å². The van der Waals surface area contributed by atoms with Crippen molar-refractivity contribution in [2.75, 3.05) is 6.54 Å². The van der Waals surface area contributed by atoms with E-state index in [0.29, 0.717) is 35.0 Å². The predicted molar refractivity (Wildman–Crippen MR) is 101 cm³/mol. The van der Waals surface area contributed by atoms with Crippen LogP contribution in [-0.4, -0.2) is 18.4 Å². The summed E-state index contributed by atoms with van der Waals surface area (Å²) in [6.07, 6.45) is 0.914. The molecule has 0 fully saturated rings. The van der Waals surface area contributed by atoms with Gasteiger partial charge in [0.1, 0.15) is 0 Å². The third kappa shape index (κ3) is 6.40. The molecule has 6 heteroatoms. The topological polar surface area (TPSA) is 58.2 Å². The average molecular weight is 379 g/mol. The van der Waals surface area contributed by atoms with Crippen LogP contribution in [0.5, 0.6) is 0 Å². The summed E-state index contributed by atoms with van der Waals surface area (Å²) in [4.78, 5) is 23.9. The van der Waals surface area contributed by atoms with Crippen molar-refractivity contribution in [2.45, 2.75) is 25.8 Å². The maximum Gasteiger partial charge on any atom is 0.251 e. The Bertz CT molecular complexity index is 715. The normalized spacial score (nSPS) is 11.6. The van der Waals surface area contributed by atoms with Crippen LogP contribution in [0.15, 0.2) is 48.5 Å². The lowest BCUT2D eigenvalue weighted by atomic mass is 10.1. The van der Waals surface area contributed by atoms with Crippen LogP contribution in [-0.2, 0) is 4.79 Å². The molecule has 25 heavy (non-hydrogen) atoms. The van der Waals surface area contributed by atoms with Gasteiger partial charge in [0.2, 0.25) is 5.91 Å². The molecule has 0 saturated carbocycles. The number of nitrogens with one attached hydrogen (secondary N) is 2. The van der Waals surface area contributed by atoms with Crippen LogP contribution in [0.1, 0.15) is 41.7 Å². The molecule has 132 valence electrons. The number of amides is 2. The monoisotopic (exact) mass is 378 g/mol. The molecule has 0 bridgehead atoms. The van der Waals surface area contributed by atoms with Crippen molar-refractivity contribution in [3.8, 4) is 0 Å². The Morgan fingerprint density at radius 2 is 1.52 bits per heavy atom. The molecule has 0 radical (unpaired) electrons. The van der Waals surface area contributed by atoms with E-state index in [1.165, 1.54) is 0 Å². The third-order valence-corrected chi connectivity index (χ3v) is 4.22. The molecule has 0 spiro atoms. The van der Waals surface area contributed by atoms with Crippen LogP contribution < -0.4 is 10.6 Å². The summed E-state index contributed by atoms with van der Waals surface area (Å²) in [5, 5.41) is 6.97. The fraction of sp³-hybridized carbons (Fsp3) is 0.263. The van der Waals surface area contributed by atoms with E-state index >= 15 is 0 Å². The van der Waals surface area contributed by atoms with Crippen molar-refractivity contribution in [1.29, 1.82) is 0 Å². The van der Waals surface area contributed by atoms with Crippen LogP contribution in [0.3, 0.4) is 0 Å². The summed E-state index contributed by atoms with van der Waals surface area (Å²) < 4.78 is 0. The highest BCUT2D eigenvalue weighted by Gasteiger charge is 2.10. The lowest BCUT2D eigenvalue weighted by Crippen LogP contribution is -2.29. The van der Waals surface area contributed by atoms with E-state index in [0.717, 1.165) is 5.56 Å². The summed E-state index contributed by atoms with van der Waals surface area (Å²) in [6, 6.07) is 13.9. The molecule has 0 aromatic heterocycles. The molecular weight excluding hydrogens is 359 g/mol. The van der Waals surface area contributed by atoms with Crippen molar-refractivity contribution in [1.82, 2.24) is 10.6 Å². The van der Waals surface area contributed by atoms with Crippen LogP contribution in [0, 0.1) is 0 Å². The van der Waals surface area contributed by atoms with Gasteiger partial charge in [-0.2, -0.15) is 0 Å². The van der Waals surface area contributed by atoms with Gasteiger partial charge in [0.15, 0.2) is 0 Å². The van der Waals surface area contributed by atoms with Gasteiger partial charge in [0.05, 0.1) is 6.04 Å². The third-order valence-electron chi connectivity index (χ3n) is 3.72. The zero-order valence-electron chi connectivity index (χ0n) is 13.9. The first-order chi connectivity index (χ1) is 12.0. The van der Waals surface area contributed by atoms with Gasteiger partial charge in [-0.3, -0.25) is 9.59 Å². The first-order valence-corrected chi connectivity index (χ1v) is 8.80. The average Bonchev–Trinajstić information content (AvgIpc) is 2.59. The Kier molecular flexibility index (Phi) is 7.29. The van der Waals surface area contributed by atoms with E-state index < -0.39 is 0 Å². The van der Waals surface area contributed by atoms with Crippen molar-refractivity contribution in [3.63, 3.8) is 0 Å². The highest BCUT2D eigenvalue weighted by molar-refractivity contribution is 6.30. The molecule has 0 aliphatic rings. The number of hydrogen-bond donors (Lipinski definition) is 2. The van der Waals surface area contributed by atoms with Crippen LogP contribution in [0.25, 0.3) is 0 Å². The van der Waals surface area contributed by atoms with Gasteiger partial charge in [-0.05, 0) is 55.3 Å². The number of hydrogen-bond acceptors (Lipinski definition) is 2. The smallest absolute Gasteiger partial charge is 0.251 e. The summed E-state index contributed by atoms with van der Waals surface area (Å²) >= 11 is 11.6. The van der Waals surface area contributed by atoms with Crippen LogP contribution in [0.4, 0.5) is 0 Å². The molecule has 2 aromatic carbocycles. The van der Waals surface area contributed by atoms with Gasteiger partial charge in [-0.25, -0.2) is 0 Å². The highest BCUT2D eigenvalue weighted by Crippen LogP contribution is 2.16. The second-order valence-electron chi connectivity index (χ2n) is 5.71. The molecule has 2 amide bonds. The molecule has 0 heterocycles. The number of carbonyl (C=O) groups is 2. The fourth-order valence-corrected chi connectivity index (χ4v) is 2.55. The van der Waals surface area contributed by atoms with E-state index in [1.807, 2.05) is 19.1 Å². The van der Waals surface area contributed by atoms with Crippen molar-refractivity contribution < 1.29 is 9.59 Å². The van der Waals surface area contributed by atoms with Gasteiger partial charge in [-0.15, -0.1) is 0 Å². The zero-order valence-corrected chi connectivity index (χ0v) is 15.4. The molecular formula is C19H20Cl2N2O2. The Morgan fingerprint density at radius 1 is 0.960 bits per heavy atom. The number of carbonyl (C=O) groups excluding carboxylic acids is 2. The first kappa shape index (κ1) is 19.3. The number of benzene rings is 2. The second kappa shape index (κ2) is 9.44. The standard InChI is InChI=1S/C19H20Cl2N2O2/c1-13(14-4-8-16(20)9-5-14)23-18(24)3-2-12-22-19(25)15-6-10-17(21)11-7-15/h4-11,13H,2-3,12H2,1H3,(H,22,25)(H,23,24). The number of rotatable bonds is 7. The molecule has 0 saturated heterocycles. The second-order valence-corrected chi connectivity index (χ2v) is 6.58. The van der Waals surface area contributed by atoms with Crippen molar-refractivity contribution in [2.24, 2.45) is 0 Å². The Hall–Kier alpha value is -2.04. The summed E-state index contributed by atoms with van der Waals surface area (Å²) in [6.45, 7) is 2.35. The van der Waals surface area contributed by atoms with Crippen molar-refractivity contribution >= 4 is 35.0 Å². The lowest BCUT2D eigenvalue weighted by molar-refractivity contribution is -0.121. The van der Waals surface area contributed by atoms with Gasteiger partial charge < -0.3 is 10.6 Å². The fourth-order valence-electron chi connectivity index (χ4n) is 2.30.